The second-order valence-electron chi connectivity index (χ2n) is 5.95. The fourth-order valence-electron chi connectivity index (χ4n) is 3.69. The van der Waals surface area contributed by atoms with Crippen molar-refractivity contribution in [2.24, 2.45) is 5.92 Å². The highest BCUT2D eigenvalue weighted by Crippen LogP contribution is 2.34. The molecule has 1 saturated carbocycles. The summed E-state index contributed by atoms with van der Waals surface area (Å²) in [5, 5.41) is 0. The number of benzene rings is 1. The maximum absolute atomic E-state index is 6.13. The molecule has 3 rings (SSSR count). The highest BCUT2D eigenvalue weighted by Gasteiger charge is 2.30. The van der Waals surface area contributed by atoms with E-state index in [0.29, 0.717) is 0 Å². The fourth-order valence-corrected chi connectivity index (χ4v) is 3.69. The number of anilines is 1. The maximum Gasteiger partial charge on any atom is 0.0362 e. The molecule has 2 heteroatoms. The van der Waals surface area contributed by atoms with Crippen molar-refractivity contribution in [3.63, 3.8) is 0 Å². The smallest absolute Gasteiger partial charge is 0.0362 e. The molecule has 1 aromatic carbocycles. The highest BCUT2D eigenvalue weighted by molar-refractivity contribution is 5.51. The molecule has 1 aromatic rings. The number of nitrogens with zero attached hydrogens (tertiary/aromatic N) is 1. The Morgan fingerprint density at radius 3 is 3.00 bits per heavy atom. The summed E-state index contributed by atoms with van der Waals surface area (Å²) in [5.74, 6) is 0.963. The van der Waals surface area contributed by atoms with Crippen LogP contribution >= 0.6 is 0 Å². The van der Waals surface area contributed by atoms with E-state index < -0.39 is 0 Å². The number of hydrogen-bond acceptors (Lipinski definition) is 2. The quantitative estimate of drug-likeness (QED) is 0.809. The van der Waals surface area contributed by atoms with E-state index in [4.69, 9.17) is 5.73 Å². The van der Waals surface area contributed by atoms with Crippen molar-refractivity contribution in [1.82, 2.24) is 4.90 Å². The van der Waals surface area contributed by atoms with Gasteiger partial charge in [0.15, 0.2) is 0 Å². The van der Waals surface area contributed by atoms with Crippen molar-refractivity contribution in [1.29, 1.82) is 0 Å². The largest absolute Gasteiger partial charge is 0.398 e. The molecule has 1 aliphatic heterocycles. The molecule has 2 aliphatic rings. The topological polar surface area (TPSA) is 29.3 Å². The Labute approximate surface area is 110 Å². The molecule has 1 aliphatic carbocycles. The summed E-state index contributed by atoms with van der Waals surface area (Å²) in [4.78, 5) is 2.67. The summed E-state index contributed by atoms with van der Waals surface area (Å²) in [7, 11) is 0. The van der Waals surface area contributed by atoms with Crippen molar-refractivity contribution in [2.75, 3.05) is 12.3 Å². The highest BCUT2D eigenvalue weighted by atomic mass is 15.2. The van der Waals surface area contributed by atoms with Crippen molar-refractivity contribution < 1.29 is 0 Å². The normalized spacial score (nSPS) is 28.3. The molecule has 1 fully saturated rings. The minimum atomic E-state index is 0.808. The molecule has 2 unspecified atom stereocenters. The lowest BCUT2D eigenvalue weighted by Crippen LogP contribution is -2.38. The van der Waals surface area contributed by atoms with Gasteiger partial charge in [0.1, 0.15) is 0 Å². The van der Waals surface area contributed by atoms with Crippen LogP contribution in [-0.4, -0.2) is 17.5 Å². The zero-order valence-corrected chi connectivity index (χ0v) is 11.4. The number of fused-ring (bicyclic) bond motifs is 1. The van der Waals surface area contributed by atoms with E-state index in [9.17, 15) is 0 Å². The molecule has 2 N–H and O–H groups in total. The molecule has 98 valence electrons. The second kappa shape index (κ2) is 4.93. The minimum absolute atomic E-state index is 0.808. The number of nitrogens with two attached hydrogens (primary N) is 1. The van der Waals surface area contributed by atoms with Gasteiger partial charge < -0.3 is 5.73 Å². The number of rotatable bonds is 2. The third-order valence-electron chi connectivity index (χ3n) is 4.95. The summed E-state index contributed by atoms with van der Waals surface area (Å²) in [6, 6.07) is 7.19. The number of hydrogen-bond donors (Lipinski definition) is 1. The van der Waals surface area contributed by atoms with Crippen LogP contribution in [0.2, 0.25) is 0 Å². The van der Waals surface area contributed by atoms with E-state index >= 15 is 0 Å². The SMILES string of the molecule is CCC1CCC(N2CCc3cccc(N)c3C2)C1. The van der Waals surface area contributed by atoms with Gasteiger partial charge in [-0.25, -0.2) is 0 Å². The van der Waals surface area contributed by atoms with E-state index in [1.54, 1.807) is 0 Å². The van der Waals surface area contributed by atoms with Crippen LogP contribution in [0.5, 0.6) is 0 Å². The molecule has 0 spiro atoms. The summed E-state index contributed by atoms with van der Waals surface area (Å²) < 4.78 is 0. The molecule has 18 heavy (non-hydrogen) atoms. The molecular weight excluding hydrogens is 220 g/mol. The average Bonchev–Trinajstić information content (AvgIpc) is 2.88. The van der Waals surface area contributed by atoms with Crippen LogP contribution < -0.4 is 5.73 Å². The molecule has 0 radical (unpaired) electrons. The average molecular weight is 244 g/mol. The van der Waals surface area contributed by atoms with Gasteiger partial charge in [0.25, 0.3) is 0 Å². The molecule has 0 bridgehead atoms. The number of nitrogen functional groups attached to an aromatic ring is 1. The van der Waals surface area contributed by atoms with Crippen LogP contribution in [0.15, 0.2) is 18.2 Å². The van der Waals surface area contributed by atoms with Gasteiger partial charge in [0.2, 0.25) is 0 Å². The minimum Gasteiger partial charge on any atom is -0.398 e. The van der Waals surface area contributed by atoms with Crippen molar-refractivity contribution in [3.8, 4) is 0 Å². The molecule has 0 aromatic heterocycles. The van der Waals surface area contributed by atoms with E-state index in [2.05, 4.69) is 24.0 Å². The first-order valence-electron chi connectivity index (χ1n) is 7.38. The first-order valence-corrected chi connectivity index (χ1v) is 7.38. The first kappa shape index (κ1) is 12.0. The molecule has 2 atom stereocenters. The lowest BCUT2D eigenvalue weighted by atomic mass is 9.96. The van der Waals surface area contributed by atoms with Crippen LogP contribution in [0.1, 0.15) is 43.7 Å². The summed E-state index contributed by atoms with van der Waals surface area (Å²) in [6.45, 7) is 4.62. The molecule has 0 saturated heterocycles. The van der Waals surface area contributed by atoms with Gasteiger partial charge in [0.05, 0.1) is 0 Å². The predicted molar refractivity (Wildman–Crippen MR) is 76.4 cm³/mol. The van der Waals surface area contributed by atoms with Crippen molar-refractivity contribution >= 4 is 5.69 Å². The second-order valence-corrected chi connectivity index (χ2v) is 5.95. The Hall–Kier alpha value is -1.02. The van der Waals surface area contributed by atoms with Gasteiger partial charge in [-0.1, -0.05) is 25.5 Å². The predicted octanol–water partition coefficient (Wildman–Crippen LogP) is 3.21. The van der Waals surface area contributed by atoms with E-state index in [-0.39, 0.29) is 0 Å². The zero-order valence-electron chi connectivity index (χ0n) is 11.4. The van der Waals surface area contributed by atoms with Gasteiger partial charge in [0, 0.05) is 24.8 Å². The zero-order chi connectivity index (χ0) is 12.5. The summed E-state index contributed by atoms with van der Waals surface area (Å²) >= 11 is 0. The van der Waals surface area contributed by atoms with Crippen LogP contribution in [0.4, 0.5) is 5.69 Å². The van der Waals surface area contributed by atoms with Gasteiger partial charge >= 0.3 is 0 Å². The monoisotopic (exact) mass is 244 g/mol. The third-order valence-corrected chi connectivity index (χ3v) is 4.95. The van der Waals surface area contributed by atoms with E-state index in [1.807, 2.05) is 6.07 Å². The van der Waals surface area contributed by atoms with Crippen molar-refractivity contribution in [3.05, 3.63) is 29.3 Å². The Kier molecular flexibility index (Phi) is 3.29. The van der Waals surface area contributed by atoms with E-state index in [1.165, 1.54) is 49.8 Å². The van der Waals surface area contributed by atoms with Gasteiger partial charge in [-0.3, -0.25) is 4.90 Å². The first-order chi connectivity index (χ1) is 8.78. The maximum atomic E-state index is 6.13. The van der Waals surface area contributed by atoms with Crippen LogP contribution in [0, 0.1) is 5.92 Å². The van der Waals surface area contributed by atoms with Gasteiger partial charge in [-0.05, 0) is 48.8 Å². The Balaban J connectivity index is 1.73. The molecule has 1 heterocycles. The summed E-state index contributed by atoms with van der Waals surface area (Å²) in [6.07, 6.45) is 6.74. The van der Waals surface area contributed by atoms with Crippen LogP contribution in [-0.2, 0) is 13.0 Å². The van der Waals surface area contributed by atoms with Crippen molar-refractivity contribution in [2.45, 2.75) is 51.6 Å². The summed E-state index contributed by atoms with van der Waals surface area (Å²) in [5.41, 5.74) is 9.98. The van der Waals surface area contributed by atoms with Crippen LogP contribution in [0.3, 0.4) is 0 Å². The Morgan fingerprint density at radius 1 is 1.33 bits per heavy atom. The molecular formula is C16H24N2. The van der Waals surface area contributed by atoms with Gasteiger partial charge in [-0.2, -0.15) is 0 Å². The van der Waals surface area contributed by atoms with Crippen LogP contribution in [0.25, 0.3) is 0 Å². The molecule has 0 amide bonds. The lowest BCUT2D eigenvalue weighted by molar-refractivity contribution is 0.177. The molecule has 2 nitrogen and oxygen atoms in total. The third kappa shape index (κ3) is 2.14. The fraction of sp³-hybridized carbons (Fsp3) is 0.625. The standard InChI is InChI=1S/C16H24N2/c1-2-12-6-7-14(10-12)18-9-8-13-4-3-5-16(17)15(13)11-18/h3-5,12,14H,2,6-11,17H2,1H3. The Morgan fingerprint density at radius 2 is 2.22 bits per heavy atom. The van der Waals surface area contributed by atoms with Gasteiger partial charge in [-0.15, -0.1) is 0 Å². The Bertz CT molecular complexity index is 427. The van der Waals surface area contributed by atoms with E-state index in [0.717, 1.165) is 24.2 Å². The lowest BCUT2D eigenvalue weighted by Gasteiger charge is -2.34.